The summed E-state index contributed by atoms with van der Waals surface area (Å²) >= 11 is 1.52. The lowest BCUT2D eigenvalue weighted by atomic mass is 9.85. The van der Waals surface area contributed by atoms with Crippen LogP contribution in [0.1, 0.15) is 41.8 Å². The summed E-state index contributed by atoms with van der Waals surface area (Å²) in [6.07, 6.45) is 5.55. The summed E-state index contributed by atoms with van der Waals surface area (Å²) in [5.74, 6) is 0.194. The molecule has 30 heavy (non-hydrogen) atoms. The van der Waals surface area contributed by atoms with E-state index in [4.69, 9.17) is 4.98 Å². The molecule has 0 N–H and O–H groups in total. The number of hydrogen-bond acceptors (Lipinski definition) is 5. The molecule has 2 aliphatic heterocycles. The van der Waals surface area contributed by atoms with Gasteiger partial charge in [0, 0.05) is 35.9 Å². The number of rotatable bonds is 3. The van der Waals surface area contributed by atoms with Gasteiger partial charge in [-0.1, -0.05) is 17.7 Å². The summed E-state index contributed by atoms with van der Waals surface area (Å²) in [5.41, 5.74) is 2.38. The molecule has 1 spiro atoms. The lowest BCUT2D eigenvalue weighted by Crippen LogP contribution is -2.60. The molecule has 3 aromatic rings. The minimum absolute atomic E-state index is 0.0520. The number of piperidine rings is 1. The van der Waals surface area contributed by atoms with Crippen LogP contribution >= 0.6 is 11.3 Å². The third kappa shape index (κ3) is 3.17. The van der Waals surface area contributed by atoms with E-state index in [2.05, 4.69) is 24.0 Å². The van der Waals surface area contributed by atoms with Crippen molar-refractivity contribution in [2.45, 2.75) is 51.6 Å². The Morgan fingerprint density at radius 1 is 1.07 bits per heavy atom. The minimum atomic E-state index is -0.485. The van der Waals surface area contributed by atoms with Gasteiger partial charge in [0.05, 0.1) is 5.69 Å². The van der Waals surface area contributed by atoms with E-state index in [0.29, 0.717) is 6.54 Å². The number of aromatic nitrogens is 2. The monoisotopic (exact) mass is 422 g/mol. The number of anilines is 1. The number of thiazole rings is 1. The zero-order valence-electron chi connectivity index (χ0n) is 17.4. The maximum Gasteiger partial charge on any atom is 0.258 e. The highest BCUT2D eigenvalue weighted by Crippen LogP contribution is 2.40. The largest absolute Gasteiger partial charge is 0.311 e. The van der Waals surface area contributed by atoms with Gasteiger partial charge in [0.1, 0.15) is 5.54 Å². The molecule has 6 nitrogen and oxygen atoms in total. The van der Waals surface area contributed by atoms with Crippen molar-refractivity contribution in [3.05, 3.63) is 63.0 Å². The van der Waals surface area contributed by atoms with Gasteiger partial charge in [-0.15, -0.1) is 11.3 Å². The second-order valence-electron chi connectivity index (χ2n) is 8.53. The van der Waals surface area contributed by atoms with Crippen LogP contribution < -0.4 is 10.5 Å². The Balaban J connectivity index is 1.45. The van der Waals surface area contributed by atoms with E-state index in [-0.39, 0.29) is 11.5 Å². The fraction of sp³-hybridized carbons (Fsp3) is 0.435. The quantitative estimate of drug-likeness (QED) is 0.648. The summed E-state index contributed by atoms with van der Waals surface area (Å²) in [7, 11) is 0. The number of benzene rings is 1. The maximum absolute atomic E-state index is 13.7. The molecule has 2 aromatic heterocycles. The van der Waals surface area contributed by atoms with E-state index >= 15 is 0 Å². The van der Waals surface area contributed by atoms with Gasteiger partial charge in [-0.3, -0.25) is 18.9 Å². The summed E-state index contributed by atoms with van der Waals surface area (Å²) in [6.45, 7) is 6.20. The van der Waals surface area contributed by atoms with E-state index in [1.165, 1.54) is 16.9 Å². The van der Waals surface area contributed by atoms with E-state index < -0.39 is 5.54 Å². The van der Waals surface area contributed by atoms with Crippen LogP contribution in [0.2, 0.25) is 0 Å². The summed E-state index contributed by atoms with van der Waals surface area (Å²) in [4.78, 5) is 37.0. The molecule has 5 rings (SSSR count). The van der Waals surface area contributed by atoms with Crippen molar-refractivity contribution in [1.29, 1.82) is 0 Å². The topological polar surface area (TPSA) is 57.9 Å². The highest BCUT2D eigenvalue weighted by atomic mass is 32.1. The first kappa shape index (κ1) is 19.5. The van der Waals surface area contributed by atoms with Crippen LogP contribution in [0.3, 0.4) is 0 Å². The zero-order valence-corrected chi connectivity index (χ0v) is 18.2. The predicted molar refractivity (Wildman–Crippen MR) is 119 cm³/mol. The van der Waals surface area contributed by atoms with Crippen LogP contribution in [0.15, 0.2) is 41.3 Å². The number of carbonyl (C=O) groups excluding carboxylic acids is 1. The first-order valence-corrected chi connectivity index (χ1v) is 11.4. The van der Waals surface area contributed by atoms with E-state index in [1.807, 2.05) is 30.2 Å². The Labute approximate surface area is 179 Å². The molecule has 0 aliphatic carbocycles. The summed E-state index contributed by atoms with van der Waals surface area (Å²) in [6, 6.07) is 9.83. The van der Waals surface area contributed by atoms with E-state index in [1.54, 1.807) is 10.5 Å². The first-order valence-electron chi connectivity index (χ1n) is 10.6. The van der Waals surface area contributed by atoms with Crippen LogP contribution in [0.5, 0.6) is 0 Å². The van der Waals surface area contributed by atoms with Crippen LogP contribution in [0.25, 0.3) is 4.96 Å². The average molecular weight is 423 g/mol. The van der Waals surface area contributed by atoms with Gasteiger partial charge in [-0.25, -0.2) is 4.98 Å². The molecular weight excluding hydrogens is 396 g/mol. The fourth-order valence-electron chi connectivity index (χ4n) is 4.99. The van der Waals surface area contributed by atoms with Crippen molar-refractivity contribution >= 4 is 27.9 Å². The Bertz CT molecular complexity index is 1170. The molecular formula is C23H26N4O2S. The second kappa shape index (κ2) is 7.32. The first-order chi connectivity index (χ1) is 14.5. The molecule has 1 aromatic carbocycles. The molecule has 2 aliphatic rings. The second-order valence-corrected chi connectivity index (χ2v) is 9.75. The SMILES string of the molecule is Cc1ccc(N2CCCC3(CCCN3Cc3cc(=O)n4cc(C)sc4n3)C2=O)cc1. The maximum atomic E-state index is 13.7. The van der Waals surface area contributed by atoms with E-state index in [9.17, 15) is 9.59 Å². The molecule has 7 heteroatoms. The number of amides is 1. The number of hydrogen-bond donors (Lipinski definition) is 0. The van der Waals surface area contributed by atoms with Gasteiger partial charge in [-0.2, -0.15) is 0 Å². The van der Waals surface area contributed by atoms with Crippen LogP contribution in [-0.2, 0) is 11.3 Å². The fourth-order valence-corrected chi connectivity index (χ4v) is 5.84. The molecule has 1 unspecified atom stereocenters. The van der Waals surface area contributed by atoms with Gasteiger partial charge in [0.2, 0.25) is 5.91 Å². The number of carbonyl (C=O) groups is 1. The van der Waals surface area contributed by atoms with Crippen molar-refractivity contribution < 1.29 is 4.79 Å². The number of nitrogens with zero attached hydrogens (tertiary/aromatic N) is 4. The van der Waals surface area contributed by atoms with Crippen molar-refractivity contribution in [1.82, 2.24) is 14.3 Å². The van der Waals surface area contributed by atoms with Gasteiger partial charge < -0.3 is 4.90 Å². The standard InChI is InChI=1S/C23H26N4O2S/c1-16-5-7-19(8-6-16)26-12-4-10-23(21(26)29)9-3-11-25(23)15-18-13-20(28)27-14-17(2)30-22(27)24-18/h5-8,13-14H,3-4,9-12,15H2,1-2H3. The number of aryl methyl sites for hydroxylation is 2. The molecule has 0 bridgehead atoms. The molecule has 4 heterocycles. The summed E-state index contributed by atoms with van der Waals surface area (Å²) in [5, 5.41) is 0. The molecule has 0 radical (unpaired) electrons. The Hall–Kier alpha value is -2.51. The lowest BCUT2D eigenvalue weighted by Gasteiger charge is -2.44. The molecule has 1 atom stereocenters. The minimum Gasteiger partial charge on any atom is -0.311 e. The molecule has 1 amide bonds. The smallest absolute Gasteiger partial charge is 0.258 e. The van der Waals surface area contributed by atoms with Gasteiger partial charge >= 0.3 is 0 Å². The lowest BCUT2D eigenvalue weighted by molar-refractivity contribution is -0.131. The molecule has 2 fully saturated rings. The van der Waals surface area contributed by atoms with Crippen molar-refractivity contribution in [2.75, 3.05) is 18.0 Å². The Morgan fingerprint density at radius 3 is 2.57 bits per heavy atom. The van der Waals surface area contributed by atoms with Crippen molar-refractivity contribution in [2.24, 2.45) is 0 Å². The normalized spacial score (nSPS) is 22.5. The Kier molecular flexibility index (Phi) is 4.75. The third-order valence-electron chi connectivity index (χ3n) is 6.47. The summed E-state index contributed by atoms with van der Waals surface area (Å²) < 4.78 is 1.61. The van der Waals surface area contributed by atoms with Crippen molar-refractivity contribution in [3.63, 3.8) is 0 Å². The highest BCUT2D eigenvalue weighted by molar-refractivity contribution is 7.16. The molecule has 156 valence electrons. The zero-order chi connectivity index (χ0) is 20.9. The highest BCUT2D eigenvalue weighted by Gasteiger charge is 2.51. The molecule has 0 saturated carbocycles. The Morgan fingerprint density at radius 2 is 1.80 bits per heavy atom. The number of fused-ring (bicyclic) bond motifs is 1. The third-order valence-corrected chi connectivity index (χ3v) is 7.37. The van der Waals surface area contributed by atoms with E-state index in [0.717, 1.165) is 60.0 Å². The average Bonchev–Trinajstić information content (AvgIpc) is 3.29. The van der Waals surface area contributed by atoms with Crippen LogP contribution in [0.4, 0.5) is 5.69 Å². The van der Waals surface area contributed by atoms with Crippen molar-refractivity contribution in [3.8, 4) is 0 Å². The predicted octanol–water partition coefficient (Wildman–Crippen LogP) is 3.53. The van der Waals surface area contributed by atoms with Crippen LogP contribution in [-0.4, -0.2) is 38.8 Å². The van der Waals surface area contributed by atoms with Gasteiger partial charge in [0.15, 0.2) is 4.96 Å². The van der Waals surface area contributed by atoms with Gasteiger partial charge in [-0.05, 0) is 58.2 Å². The van der Waals surface area contributed by atoms with Crippen LogP contribution in [0, 0.1) is 13.8 Å². The molecule has 2 saturated heterocycles. The van der Waals surface area contributed by atoms with Gasteiger partial charge in [0.25, 0.3) is 5.56 Å². The number of likely N-dealkylation sites (tertiary alicyclic amines) is 1.